The zero-order valence-corrected chi connectivity index (χ0v) is 20.1. The van der Waals surface area contributed by atoms with Gasteiger partial charge in [-0.15, -0.1) is 11.3 Å². The first-order valence-corrected chi connectivity index (χ1v) is 12.3. The zero-order valence-electron chi connectivity index (χ0n) is 19.3. The summed E-state index contributed by atoms with van der Waals surface area (Å²) in [5.41, 5.74) is 5.94. The minimum atomic E-state index is -0.422. The fraction of sp³-hybridized carbons (Fsp3) is 0.385. The number of aromatic nitrogens is 2. The number of benzene rings is 1. The van der Waals surface area contributed by atoms with Gasteiger partial charge in [-0.3, -0.25) is 14.6 Å². The number of nitrogens with zero attached hydrogens (tertiary/aromatic N) is 3. The van der Waals surface area contributed by atoms with Crippen molar-refractivity contribution in [1.82, 2.24) is 20.2 Å². The van der Waals surface area contributed by atoms with Gasteiger partial charge in [0.2, 0.25) is 11.8 Å². The monoisotopic (exact) mass is 462 g/mol. The lowest BCUT2D eigenvalue weighted by molar-refractivity contribution is -0.140. The van der Waals surface area contributed by atoms with Crippen LogP contribution in [0.4, 0.5) is 0 Å². The van der Waals surface area contributed by atoms with Crippen LogP contribution in [0.1, 0.15) is 49.4 Å². The zero-order chi connectivity index (χ0) is 23.4. The van der Waals surface area contributed by atoms with Gasteiger partial charge in [0.05, 0.1) is 22.0 Å². The molecular weight excluding hydrogens is 432 g/mol. The van der Waals surface area contributed by atoms with Gasteiger partial charge in [-0.25, -0.2) is 4.98 Å². The van der Waals surface area contributed by atoms with Gasteiger partial charge >= 0.3 is 0 Å². The SMILES string of the molecule is Cc1ncsc1-c1ccc(CNC(=O)C2CCCN2C(=O)C(c2cccnc2)C(C)C)cc1. The number of nitrogens with one attached hydrogen (secondary N) is 1. The maximum absolute atomic E-state index is 13.5. The van der Waals surface area contributed by atoms with Crippen molar-refractivity contribution in [3.63, 3.8) is 0 Å². The largest absolute Gasteiger partial charge is 0.350 e. The number of carbonyl (C=O) groups excluding carboxylic acids is 2. The molecule has 2 atom stereocenters. The Morgan fingerprint density at radius 3 is 2.64 bits per heavy atom. The summed E-state index contributed by atoms with van der Waals surface area (Å²) in [6.45, 7) is 7.14. The van der Waals surface area contributed by atoms with Gasteiger partial charge < -0.3 is 10.2 Å². The third-order valence-corrected chi connectivity index (χ3v) is 7.22. The molecule has 1 saturated heterocycles. The van der Waals surface area contributed by atoms with Gasteiger partial charge in [-0.2, -0.15) is 0 Å². The minimum Gasteiger partial charge on any atom is -0.350 e. The number of carbonyl (C=O) groups is 2. The molecule has 0 saturated carbocycles. The van der Waals surface area contributed by atoms with Crippen LogP contribution in [0.2, 0.25) is 0 Å². The molecule has 7 heteroatoms. The van der Waals surface area contributed by atoms with Crippen LogP contribution in [0, 0.1) is 12.8 Å². The molecule has 1 fully saturated rings. The van der Waals surface area contributed by atoms with Crippen molar-refractivity contribution >= 4 is 23.2 Å². The van der Waals surface area contributed by atoms with Crippen molar-refractivity contribution in [2.24, 2.45) is 5.92 Å². The molecule has 172 valence electrons. The van der Waals surface area contributed by atoms with E-state index in [0.29, 0.717) is 19.5 Å². The molecule has 2 amide bonds. The molecule has 6 nitrogen and oxygen atoms in total. The lowest BCUT2D eigenvalue weighted by Gasteiger charge is -2.30. The van der Waals surface area contributed by atoms with E-state index >= 15 is 0 Å². The molecule has 1 aromatic carbocycles. The van der Waals surface area contributed by atoms with Crippen molar-refractivity contribution in [2.75, 3.05) is 6.54 Å². The Morgan fingerprint density at radius 2 is 2.00 bits per heavy atom. The van der Waals surface area contributed by atoms with Gasteiger partial charge in [0.1, 0.15) is 6.04 Å². The maximum Gasteiger partial charge on any atom is 0.243 e. The molecular formula is C26H30N4O2S. The van der Waals surface area contributed by atoms with Crippen LogP contribution in [0.5, 0.6) is 0 Å². The molecule has 2 unspecified atom stereocenters. The topological polar surface area (TPSA) is 75.2 Å². The van der Waals surface area contributed by atoms with Crippen LogP contribution in [-0.4, -0.2) is 39.3 Å². The van der Waals surface area contributed by atoms with Crippen LogP contribution in [-0.2, 0) is 16.1 Å². The fourth-order valence-corrected chi connectivity index (χ4v) is 5.33. The Kier molecular flexibility index (Phi) is 7.18. The van der Waals surface area contributed by atoms with Gasteiger partial charge in [-0.1, -0.05) is 44.2 Å². The van der Waals surface area contributed by atoms with E-state index < -0.39 is 6.04 Å². The van der Waals surface area contributed by atoms with Crippen molar-refractivity contribution in [3.05, 3.63) is 71.1 Å². The highest BCUT2D eigenvalue weighted by molar-refractivity contribution is 7.13. The second-order valence-electron chi connectivity index (χ2n) is 8.88. The summed E-state index contributed by atoms with van der Waals surface area (Å²) in [6.07, 6.45) is 5.00. The standard InChI is InChI=1S/C26H30N4O2S/c1-17(2)23(21-6-4-12-27-15-21)26(32)30-13-5-7-22(30)25(31)28-14-19-8-10-20(11-9-19)24-18(3)29-16-33-24/h4,6,8-12,15-17,22-23H,5,7,13-14H2,1-3H3,(H,28,31). The smallest absolute Gasteiger partial charge is 0.243 e. The van der Waals surface area contributed by atoms with E-state index in [-0.39, 0.29) is 23.7 Å². The summed E-state index contributed by atoms with van der Waals surface area (Å²) < 4.78 is 0. The highest BCUT2D eigenvalue weighted by atomic mass is 32.1. The number of aryl methyl sites for hydroxylation is 1. The number of amides is 2. The predicted molar refractivity (Wildman–Crippen MR) is 131 cm³/mol. The second-order valence-corrected chi connectivity index (χ2v) is 9.73. The Balaban J connectivity index is 1.40. The van der Waals surface area contributed by atoms with Gasteiger partial charge in [-0.05, 0) is 48.4 Å². The third-order valence-electron chi connectivity index (χ3n) is 6.24. The molecule has 1 aliphatic rings. The molecule has 4 rings (SSSR count). The van der Waals surface area contributed by atoms with E-state index in [9.17, 15) is 9.59 Å². The van der Waals surface area contributed by atoms with Gasteiger partial charge in [0.15, 0.2) is 0 Å². The summed E-state index contributed by atoms with van der Waals surface area (Å²) in [5, 5.41) is 3.04. The van der Waals surface area contributed by atoms with Crippen molar-refractivity contribution < 1.29 is 9.59 Å². The number of likely N-dealkylation sites (tertiary alicyclic amines) is 1. The Hall–Kier alpha value is -3.06. The minimum absolute atomic E-state index is 0.0138. The van der Waals surface area contributed by atoms with E-state index in [1.165, 1.54) is 4.88 Å². The van der Waals surface area contributed by atoms with Gasteiger partial charge in [0.25, 0.3) is 0 Å². The number of rotatable bonds is 7. The van der Waals surface area contributed by atoms with Crippen molar-refractivity contribution in [2.45, 2.75) is 52.1 Å². The second kappa shape index (κ2) is 10.3. The molecule has 33 heavy (non-hydrogen) atoms. The molecule has 2 aromatic heterocycles. The summed E-state index contributed by atoms with van der Waals surface area (Å²) in [5.74, 6) is -0.251. The van der Waals surface area contributed by atoms with Crippen LogP contribution in [0.3, 0.4) is 0 Å². The Morgan fingerprint density at radius 1 is 1.21 bits per heavy atom. The van der Waals surface area contributed by atoms with Crippen molar-refractivity contribution in [1.29, 1.82) is 0 Å². The summed E-state index contributed by atoms with van der Waals surface area (Å²) >= 11 is 1.63. The molecule has 1 N–H and O–H groups in total. The molecule has 0 spiro atoms. The summed E-state index contributed by atoms with van der Waals surface area (Å²) in [6, 6.07) is 11.6. The summed E-state index contributed by atoms with van der Waals surface area (Å²) in [4.78, 5) is 37.9. The molecule has 3 heterocycles. The predicted octanol–water partition coefficient (Wildman–Crippen LogP) is 4.56. The first kappa shape index (κ1) is 23.1. The van der Waals surface area contributed by atoms with Crippen LogP contribution in [0.25, 0.3) is 10.4 Å². The maximum atomic E-state index is 13.5. The Bertz CT molecular complexity index is 1090. The lowest BCUT2D eigenvalue weighted by Crippen LogP contribution is -2.47. The number of pyridine rings is 1. The molecule has 0 bridgehead atoms. The van der Waals surface area contributed by atoms with E-state index in [4.69, 9.17) is 0 Å². The average Bonchev–Trinajstić information content (AvgIpc) is 3.48. The first-order valence-electron chi connectivity index (χ1n) is 11.4. The van der Waals surface area contributed by atoms with Crippen LogP contribution in [0.15, 0.2) is 54.3 Å². The van der Waals surface area contributed by atoms with Crippen molar-refractivity contribution in [3.8, 4) is 10.4 Å². The highest BCUT2D eigenvalue weighted by Gasteiger charge is 2.38. The lowest BCUT2D eigenvalue weighted by atomic mass is 9.88. The highest BCUT2D eigenvalue weighted by Crippen LogP contribution is 2.30. The number of thiazole rings is 1. The van der Waals surface area contributed by atoms with Crippen LogP contribution >= 0.6 is 11.3 Å². The normalized spacial score (nSPS) is 16.7. The average molecular weight is 463 g/mol. The quantitative estimate of drug-likeness (QED) is 0.559. The number of hydrogen-bond donors (Lipinski definition) is 1. The van der Waals surface area contributed by atoms with Gasteiger partial charge in [0, 0.05) is 25.5 Å². The van der Waals surface area contributed by atoms with E-state index in [2.05, 4.69) is 27.4 Å². The molecule has 1 aliphatic heterocycles. The summed E-state index contributed by atoms with van der Waals surface area (Å²) in [7, 11) is 0. The van der Waals surface area contributed by atoms with E-state index in [0.717, 1.165) is 28.8 Å². The van der Waals surface area contributed by atoms with E-state index in [1.54, 1.807) is 28.6 Å². The first-order chi connectivity index (χ1) is 16.0. The third kappa shape index (κ3) is 5.14. The molecule has 0 aliphatic carbocycles. The number of hydrogen-bond acceptors (Lipinski definition) is 5. The molecule has 3 aromatic rings. The fourth-order valence-electron chi connectivity index (χ4n) is 4.51. The Labute approximate surface area is 199 Å². The van der Waals surface area contributed by atoms with E-state index in [1.807, 2.05) is 50.5 Å². The van der Waals surface area contributed by atoms with Crippen LogP contribution < -0.4 is 5.32 Å². The molecule has 0 radical (unpaired) electrons.